The van der Waals surface area contributed by atoms with Crippen molar-refractivity contribution in [3.8, 4) is 11.1 Å². The zero-order valence-electron chi connectivity index (χ0n) is 21.8. The van der Waals surface area contributed by atoms with Gasteiger partial charge >= 0.3 is 12.1 Å². The van der Waals surface area contributed by atoms with Gasteiger partial charge in [0.1, 0.15) is 12.6 Å². The molecule has 4 rings (SSSR count). The highest BCUT2D eigenvalue weighted by Gasteiger charge is 2.33. The van der Waals surface area contributed by atoms with E-state index in [4.69, 9.17) is 9.47 Å². The van der Waals surface area contributed by atoms with Gasteiger partial charge in [-0.15, -0.1) is 0 Å². The number of benzene rings is 3. The third kappa shape index (κ3) is 7.01. The molecule has 3 atom stereocenters. The van der Waals surface area contributed by atoms with Gasteiger partial charge in [-0.1, -0.05) is 78.9 Å². The second-order valence-corrected chi connectivity index (χ2v) is 9.48. The number of carbonyl (C=O) groups excluding carboxylic acids is 2. The monoisotopic (exact) mass is 552 g/mol. The second kappa shape index (κ2) is 13.2. The Morgan fingerprint density at radius 3 is 2.02 bits per heavy atom. The summed E-state index contributed by atoms with van der Waals surface area (Å²) in [6, 6.07) is 21.1. The van der Waals surface area contributed by atoms with Gasteiger partial charge in [-0.2, -0.15) is 0 Å². The van der Waals surface area contributed by atoms with Crippen LogP contribution in [0.25, 0.3) is 11.1 Å². The Morgan fingerprint density at radius 1 is 0.875 bits per heavy atom. The third-order valence-corrected chi connectivity index (χ3v) is 6.76. The molecule has 40 heavy (non-hydrogen) atoms. The highest BCUT2D eigenvalue weighted by atomic mass is 19.3. The Bertz CT molecular complexity index is 1290. The maximum atomic E-state index is 13.3. The summed E-state index contributed by atoms with van der Waals surface area (Å²) < 4.78 is 37.6. The molecule has 2 amide bonds. The molecule has 0 aromatic heterocycles. The largest absolute Gasteiger partial charge is 0.480 e. The second-order valence-electron chi connectivity index (χ2n) is 9.48. The number of nitrogens with one attached hydrogen (secondary N) is 2. The van der Waals surface area contributed by atoms with Crippen LogP contribution in [0.2, 0.25) is 0 Å². The lowest BCUT2D eigenvalue weighted by molar-refractivity contribution is -0.147. The first kappa shape index (κ1) is 28.7. The third-order valence-electron chi connectivity index (χ3n) is 6.76. The fraction of sp³-hybridized carbons (Fsp3) is 0.300. The van der Waals surface area contributed by atoms with Crippen molar-refractivity contribution < 1.29 is 37.7 Å². The van der Waals surface area contributed by atoms with Gasteiger partial charge in [0.05, 0.1) is 12.7 Å². The van der Waals surface area contributed by atoms with E-state index in [1.54, 1.807) is 24.3 Å². The molecule has 0 fully saturated rings. The van der Waals surface area contributed by atoms with E-state index in [1.807, 2.05) is 54.6 Å². The average molecular weight is 553 g/mol. The Kier molecular flexibility index (Phi) is 9.44. The molecule has 3 aromatic carbocycles. The van der Waals surface area contributed by atoms with Crippen LogP contribution >= 0.6 is 0 Å². The van der Waals surface area contributed by atoms with Crippen LogP contribution in [-0.4, -0.2) is 54.3 Å². The molecule has 0 bridgehead atoms. The summed E-state index contributed by atoms with van der Waals surface area (Å²) in [7, 11) is 0. The van der Waals surface area contributed by atoms with Crippen molar-refractivity contribution in [1.29, 1.82) is 0 Å². The lowest BCUT2D eigenvalue weighted by Crippen LogP contribution is -2.55. The summed E-state index contributed by atoms with van der Waals surface area (Å²) in [5.41, 5.74) is 4.76. The molecular formula is C30H30F2N2O6. The van der Waals surface area contributed by atoms with Gasteiger partial charge in [0.2, 0.25) is 12.3 Å². The molecule has 0 radical (unpaired) electrons. The molecule has 0 saturated carbocycles. The summed E-state index contributed by atoms with van der Waals surface area (Å²) in [6.07, 6.45) is -6.03. The smallest absolute Gasteiger partial charge is 0.407 e. The summed E-state index contributed by atoms with van der Waals surface area (Å²) >= 11 is 0. The fourth-order valence-corrected chi connectivity index (χ4v) is 4.72. The van der Waals surface area contributed by atoms with Crippen LogP contribution in [0.1, 0.15) is 36.0 Å². The molecule has 3 N–H and O–H groups in total. The minimum atomic E-state index is -2.94. The number of carbonyl (C=O) groups is 3. The number of fused-ring (bicyclic) bond motifs is 3. The molecule has 3 aromatic rings. The van der Waals surface area contributed by atoms with Crippen LogP contribution in [0.4, 0.5) is 13.6 Å². The number of carboxylic acids is 1. The molecule has 0 spiro atoms. The number of amides is 2. The molecule has 10 heteroatoms. The SMILES string of the molecule is C[C@H](OCc1ccccc1)[C@@H](NC(=O)C(CC(F)F)NC(=O)OCC1c2ccccc2-c2ccccc21)C(=O)O. The fourth-order valence-electron chi connectivity index (χ4n) is 4.72. The van der Waals surface area contributed by atoms with E-state index in [0.717, 1.165) is 27.8 Å². The quantitative estimate of drug-likeness (QED) is 0.300. The molecule has 1 unspecified atom stereocenters. The molecule has 8 nitrogen and oxygen atoms in total. The van der Waals surface area contributed by atoms with E-state index >= 15 is 0 Å². The normalized spacial score (nSPS) is 14.5. The predicted molar refractivity (Wildman–Crippen MR) is 143 cm³/mol. The average Bonchev–Trinajstić information content (AvgIpc) is 3.26. The van der Waals surface area contributed by atoms with E-state index in [2.05, 4.69) is 10.6 Å². The van der Waals surface area contributed by atoms with Gasteiger partial charge in [0.25, 0.3) is 0 Å². The van der Waals surface area contributed by atoms with Gasteiger partial charge in [-0.05, 0) is 34.7 Å². The standard InChI is InChI=1S/C30H30F2N2O6/c1-18(39-16-19-9-3-2-4-10-19)27(29(36)37)34-28(35)25(15-26(31)32)33-30(38)40-17-24-22-13-7-5-11-20(22)21-12-6-8-14-23(21)24/h2-14,18,24-27H,15-17H2,1H3,(H,33,38)(H,34,35)(H,36,37)/t18-,25?,27+/m0/s1. The van der Waals surface area contributed by atoms with Crippen LogP contribution in [-0.2, 0) is 25.7 Å². The maximum Gasteiger partial charge on any atom is 0.407 e. The van der Waals surface area contributed by atoms with Gasteiger partial charge in [0, 0.05) is 12.3 Å². The van der Waals surface area contributed by atoms with Crippen molar-refractivity contribution >= 4 is 18.0 Å². The van der Waals surface area contributed by atoms with Crippen molar-refractivity contribution in [2.24, 2.45) is 0 Å². The van der Waals surface area contributed by atoms with Crippen LogP contribution in [0, 0.1) is 0 Å². The number of carboxylic acid groups (broad SMARTS) is 1. The maximum absolute atomic E-state index is 13.3. The molecule has 1 aliphatic rings. The number of halogens is 2. The number of alkyl halides is 2. The van der Waals surface area contributed by atoms with Crippen molar-refractivity contribution in [3.63, 3.8) is 0 Å². The zero-order valence-corrected chi connectivity index (χ0v) is 21.8. The van der Waals surface area contributed by atoms with E-state index in [9.17, 15) is 28.3 Å². The molecule has 0 saturated heterocycles. The van der Waals surface area contributed by atoms with Gasteiger partial charge < -0.3 is 25.2 Å². The highest BCUT2D eigenvalue weighted by Crippen LogP contribution is 2.44. The minimum absolute atomic E-state index is 0.0784. The van der Waals surface area contributed by atoms with Gasteiger partial charge in [0.15, 0.2) is 6.04 Å². The highest BCUT2D eigenvalue weighted by molar-refractivity contribution is 5.89. The summed E-state index contributed by atoms with van der Waals surface area (Å²) in [4.78, 5) is 37.3. The van der Waals surface area contributed by atoms with E-state index < -0.39 is 49.0 Å². The predicted octanol–water partition coefficient (Wildman–Crippen LogP) is 4.72. The molecule has 1 aliphatic carbocycles. The van der Waals surface area contributed by atoms with Crippen molar-refractivity contribution in [2.45, 2.75) is 50.5 Å². The van der Waals surface area contributed by atoms with Crippen LogP contribution in [0.3, 0.4) is 0 Å². The van der Waals surface area contributed by atoms with Crippen molar-refractivity contribution in [3.05, 3.63) is 95.6 Å². The number of hydrogen-bond acceptors (Lipinski definition) is 5. The lowest BCUT2D eigenvalue weighted by Gasteiger charge is -2.25. The number of aliphatic carboxylic acids is 1. The van der Waals surface area contributed by atoms with E-state index in [1.165, 1.54) is 6.92 Å². The van der Waals surface area contributed by atoms with Crippen molar-refractivity contribution in [1.82, 2.24) is 10.6 Å². The van der Waals surface area contributed by atoms with Crippen LogP contribution in [0.15, 0.2) is 78.9 Å². The van der Waals surface area contributed by atoms with Gasteiger partial charge in [-0.25, -0.2) is 18.4 Å². The van der Waals surface area contributed by atoms with E-state index in [0.29, 0.717) is 0 Å². The first-order chi connectivity index (χ1) is 19.2. The molecule has 0 aliphatic heterocycles. The number of rotatable bonds is 12. The Hall–Kier alpha value is -4.31. The zero-order chi connectivity index (χ0) is 28.6. The molecular weight excluding hydrogens is 522 g/mol. The van der Waals surface area contributed by atoms with Crippen molar-refractivity contribution in [2.75, 3.05) is 6.61 Å². The topological polar surface area (TPSA) is 114 Å². The molecule has 0 heterocycles. The minimum Gasteiger partial charge on any atom is -0.480 e. The summed E-state index contributed by atoms with van der Waals surface area (Å²) in [5, 5.41) is 14.0. The Labute approximate surface area is 230 Å². The number of alkyl carbamates (subject to hydrolysis) is 1. The summed E-state index contributed by atoms with van der Waals surface area (Å²) in [6.45, 7) is 1.45. The first-order valence-corrected chi connectivity index (χ1v) is 12.8. The lowest BCUT2D eigenvalue weighted by atomic mass is 9.98. The van der Waals surface area contributed by atoms with Gasteiger partial charge in [-0.3, -0.25) is 4.79 Å². The summed E-state index contributed by atoms with van der Waals surface area (Å²) in [5.74, 6) is -2.76. The number of hydrogen-bond donors (Lipinski definition) is 3. The Morgan fingerprint density at radius 2 is 1.45 bits per heavy atom. The van der Waals surface area contributed by atoms with Crippen LogP contribution in [0.5, 0.6) is 0 Å². The Balaban J connectivity index is 1.38. The molecule has 210 valence electrons. The number of ether oxygens (including phenoxy) is 2. The first-order valence-electron chi connectivity index (χ1n) is 12.8. The van der Waals surface area contributed by atoms with Crippen LogP contribution < -0.4 is 10.6 Å². The van der Waals surface area contributed by atoms with E-state index in [-0.39, 0.29) is 19.1 Å².